The number of nitrogens with two attached hydrogens (primary N) is 1. The Morgan fingerprint density at radius 2 is 2.50 bits per heavy atom. The van der Waals surface area contributed by atoms with Gasteiger partial charge in [0.05, 0.1) is 6.07 Å². The predicted molar refractivity (Wildman–Crippen MR) is 28.3 cm³/mol. The van der Waals surface area contributed by atoms with E-state index in [4.69, 9.17) is 11.0 Å². The second-order valence-corrected chi connectivity index (χ2v) is 1.37. The molecule has 0 aliphatic rings. The van der Waals surface area contributed by atoms with Crippen molar-refractivity contribution in [3.05, 3.63) is 6.92 Å². The average molecular weight is 111 g/mol. The van der Waals surface area contributed by atoms with Crippen molar-refractivity contribution in [1.29, 1.82) is 5.26 Å². The molecule has 0 aromatic carbocycles. The second kappa shape index (κ2) is 3.03. The van der Waals surface area contributed by atoms with E-state index in [1.54, 1.807) is 6.07 Å². The zero-order chi connectivity index (χ0) is 6.57. The number of nitrogens with zero attached hydrogens (tertiary/aromatic N) is 1. The fourth-order valence-electron chi connectivity index (χ4n) is 0.270. The second-order valence-electron chi connectivity index (χ2n) is 1.37. The first-order valence-electron chi connectivity index (χ1n) is 2.20. The Hall–Kier alpha value is -1.04. The van der Waals surface area contributed by atoms with Crippen LogP contribution < -0.4 is 5.73 Å². The molecule has 8 heavy (non-hydrogen) atoms. The molecule has 1 amide bonds. The molecule has 1 radical (unpaired) electrons. The van der Waals surface area contributed by atoms with Crippen LogP contribution in [0.3, 0.4) is 0 Å². The molecule has 43 valence electrons. The molecule has 0 aromatic heterocycles. The summed E-state index contributed by atoms with van der Waals surface area (Å²) >= 11 is 0. The Balaban J connectivity index is 3.76. The van der Waals surface area contributed by atoms with Gasteiger partial charge in [0.2, 0.25) is 5.91 Å². The van der Waals surface area contributed by atoms with E-state index < -0.39 is 11.8 Å². The Labute approximate surface area is 48.1 Å². The van der Waals surface area contributed by atoms with Crippen molar-refractivity contribution in [3.63, 3.8) is 0 Å². The quantitative estimate of drug-likeness (QED) is 0.537. The van der Waals surface area contributed by atoms with Gasteiger partial charge in [0.1, 0.15) is 5.92 Å². The highest BCUT2D eigenvalue weighted by molar-refractivity contribution is 5.79. The lowest BCUT2D eigenvalue weighted by molar-refractivity contribution is -0.120. The van der Waals surface area contributed by atoms with Crippen LogP contribution in [-0.4, -0.2) is 5.91 Å². The van der Waals surface area contributed by atoms with Crippen molar-refractivity contribution in [1.82, 2.24) is 0 Å². The van der Waals surface area contributed by atoms with Crippen LogP contribution in [0, 0.1) is 24.2 Å². The van der Waals surface area contributed by atoms with E-state index in [0.29, 0.717) is 0 Å². The average Bonchev–Trinajstić information content (AvgIpc) is 1.69. The summed E-state index contributed by atoms with van der Waals surface area (Å²) < 4.78 is 0. The van der Waals surface area contributed by atoms with Crippen LogP contribution >= 0.6 is 0 Å². The molecule has 0 spiro atoms. The molecular formula is C5H7N2O. The summed E-state index contributed by atoms with van der Waals surface area (Å²) in [5, 5.41) is 8.11. The van der Waals surface area contributed by atoms with Crippen LogP contribution in [-0.2, 0) is 4.79 Å². The minimum Gasteiger partial charge on any atom is -0.369 e. The smallest absolute Gasteiger partial charge is 0.234 e. The number of carbonyl (C=O) groups excluding carboxylic acids is 1. The van der Waals surface area contributed by atoms with E-state index in [9.17, 15) is 4.79 Å². The molecule has 3 nitrogen and oxygen atoms in total. The number of primary amides is 1. The number of hydrogen-bond donors (Lipinski definition) is 1. The van der Waals surface area contributed by atoms with Crippen molar-refractivity contribution in [2.75, 3.05) is 0 Å². The van der Waals surface area contributed by atoms with Gasteiger partial charge in [-0.3, -0.25) is 4.79 Å². The minimum absolute atomic E-state index is 0.256. The summed E-state index contributed by atoms with van der Waals surface area (Å²) in [5.74, 6) is -1.31. The molecule has 1 unspecified atom stereocenters. The molecule has 2 N–H and O–H groups in total. The fraction of sp³-hybridized carbons (Fsp3) is 0.400. The molecule has 0 aliphatic carbocycles. The molecule has 1 atom stereocenters. The third kappa shape index (κ3) is 1.61. The highest BCUT2D eigenvalue weighted by atomic mass is 16.1. The van der Waals surface area contributed by atoms with E-state index in [1.807, 2.05) is 0 Å². The third-order valence-electron chi connectivity index (χ3n) is 0.788. The molecule has 0 fully saturated rings. The van der Waals surface area contributed by atoms with Gasteiger partial charge < -0.3 is 5.73 Å². The van der Waals surface area contributed by atoms with Gasteiger partial charge in [0.15, 0.2) is 0 Å². The van der Waals surface area contributed by atoms with Crippen LogP contribution in [0.4, 0.5) is 0 Å². The van der Waals surface area contributed by atoms with Gasteiger partial charge in [-0.1, -0.05) is 6.92 Å². The van der Waals surface area contributed by atoms with Gasteiger partial charge in [0, 0.05) is 0 Å². The van der Waals surface area contributed by atoms with Gasteiger partial charge in [-0.25, -0.2) is 0 Å². The summed E-state index contributed by atoms with van der Waals surface area (Å²) in [5.41, 5.74) is 4.76. The Bertz CT molecular complexity index is 125. The van der Waals surface area contributed by atoms with E-state index in [2.05, 4.69) is 6.92 Å². The molecule has 0 aliphatic heterocycles. The Kier molecular flexibility index (Phi) is 2.63. The number of carbonyl (C=O) groups is 1. The number of amides is 1. The van der Waals surface area contributed by atoms with Crippen molar-refractivity contribution < 1.29 is 4.79 Å². The van der Waals surface area contributed by atoms with Crippen LogP contribution in [0.15, 0.2) is 0 Å². The summed E-state index contributed by atoms with van der Waals surface area (Å²) in [6.07, 6.45) is 0.256. The minimum atomic E-state index is -0.713. The van der Waals surface area contributed by atoms with E-state index >= 15 is 0 Å². The molecule has 0 saturated heterocycles. The first-order chi connectivity index (χ1) is 3.72. The normalized spacial score (nSPS) is 12.0. The van der Waals surface area contributed by atoms with Crippen LogP contribution in [0.1, 0.15) is 6.42 Å². The molecule has 0 heterocycles. The van der Waals surface area contributed by atoms with Gasteiger partial charge in [-0.05, 0) is 6.42 Å². The zero-order valence-electron chi connectivity index (χ0n) is 4.42. The van der Waals surface area contributed by atoms with Gasteiger partial charge in [-0.15, -0.1) is 0 Å². The lowest BCUT2D eigenvalue weighted by Crippen LogP contribution is -2.20. The van der Waals surface area contributed by atoms with Gasteiger partial charge in [0.25, 0.3) is 0 Å². The van der Waals surface area contributed by atoms with Crippen LogP contribution in [0.5, 0.6) is 0 Å². The van der Waals surface area contributed by atoms with Gasteiger partial charge >= 0.3 is 0 Å². The lowest BCUT2D eigenvalue weighted by Gasteiger charge is -1.94. The Morgan fingerprint density at radius 3 is 2.50 bits per heavy atom. The largest absolute Gasteiger partial charge is 0.369 e. The number of nitriles is 1. The van der Waals surface area contributed by atoms with Crippen LogP contribution in [0.2, 0.25) is 0 Å². The summed E-state index contributed by atoms with van der Waals surface area (Å²) in [4.78, 5) is 10.1. The van der Waals surface area contributed by atoms with E-state index in [-0.39, 0.29) is 6.42 Å². The first kappa shape index (κ1) is 6.96. The Morgan fingerprint density at radius 1 is 2.00 bits per heavy atom. The van der Waals surface area contributed by atoms with Crippen LogP contribution in [0.25, 0.3) is 0 Å². The molecule has 0 bridgehead atoms. The maximum atomic E-state index is 10.1. The predicted octanol–water partition coefficient (Wildman–Crippen LogP) is -0.164. The fourth-order valence-corrected chi connectivity index (χ4v) is 0.270. The SMILES string of the molecule is [CH2]CC(C#N)C(N)=O. The molecule has 0 aromatic rings. The number of hydrogen-bond acceptors (Lipinski definition) is 2. The van der Waals surface area contributed by atoms with Crippen molar-refractivity contribution in [3.8, 4) is 6.07 Å². The summed E-state index contributed by atoms with van der Waals surface area (Å²) in [7, 11) is 0. The van der Waals surface area contributed by atoms with Crippen molar-refractivity contribution >= 4 is 5.91 Å². The highest BCUT2D eigenvalue weighted by Gasteiger charge is 2.09. The molecular weight excluding hydrogens is 104 g/mol. The maximum absolute atomic E-state index is 10.1. The maximum Gasteiger partial charge on any atom is 0.234 e. The van der Waals surface area contributed by atoms with Crippen molar-refractivity contribution in [2.45, 2.75) is 6.42 Å². The lowest BCUT2D eigenvalue weighted by atomic mass is 10.1. The highest BCUT2D eigenvalue weighted by Crippen LogP contribution is 1.95. The zero-order valence-corrected chi connectivity index (χ0v) is 4.42. The van der Waals surface area contributed by atoms with Crippen molar-refractivity contribution in [2.24, 2.45) is 11.7 Å². The monoisotopic (exact) mass is 111 g/mol. The standard InChI is InChI=1S/C5H7N2O/c1-2-4(3-6)5(7)8/h4H,1-2H2,(H2,7,8). The summed E-state index contributed by atoms with van der Waals surface area (Å²) in [6.45, 7) is 3.35. The third-order valence-corrected chi connectivity index (χ3v) is 0.788. The summed E-state index contributed by atoms with van der Waals surface area (Å²) in [6, 6.07) is 1.71. The van der Waals surface area contributed by atoms with E-state index in [0.717, 1.165) is 0 Å². The molecule has 0 saturated carbocycles. The van der Waals surface area contributed by atoms with Gasteiger partial charge in [-0.2, -0.15) is 5.26 Å². The number of rotatable bonds is 2. The first-order valence-corrected chi connectivity index (χ1v) is 2.20. The van der Waals surface area contributed by atoms with E-state index in [1.165, 1.54) is 0 Å². The molecule has 3 heteroatoms. The molecule has 0 rings (SSSR count). The topological polar surface area (TPSA) is 66.9 Å².